The molecule has 62 valence electrons. The molecule has 0 aromatic rings. The molecule has 3 nitrogen and oxygen atoms in total. The van der Waals surface area contributed by atoms with Crippen molar-refractivity contribution >= 4 is 11.7 Å². The van der Waals surface area contributed by atoms with Gasteiger partial charge in [-0.2, -0.15) is 0 Å². The first-order chi connectivity index (χ1) is 5.09. The molecule has 0 aliphatic carbocycles. The Bertz CT molecular complexity index is 198. The average molecular weight is 155 g/mol. The lowest BCUT2D eigenvalue weighted by atomic mass is 10.1. The van der Waals surface area contributed by atoms with Crippen LogP contribution in [0.4, 0.5) is 0 Å². The third-order valence-corrected chi connectivity index (χ3v) is 1.74. The van der Waals surface area contributed by atoms with Crippen LogP contribution in [0.25, 0.3) is 0 Å². The molecule has 0 aromatic heterocycles. The molecule has 3 heteroatoms. The highest BCUT2D eigenvalue weighted by Gasteiger charge is 2.25. The molecule has 0 fully saturated rings. The number of nitrogens with zero attached hydrogens (tertiary/aromatic N) is 1. The van der Waals surface area contributed by atoms with E-state index in [1.165, 1.54) is 0 Å². The van der Waals surface area contributed by atoms with E-state index in [1.54, 1.807) is 6.92 Å². The largest absolute Gasteiger partial charge is 0.476 e. The van der Waals surface area contributed by atoms with Crippen LogP contribution in [0.3, 0.4) is 0 Å². The van der Waals surface area contributed by atoms with Crippen LogP contribution in [0, 0.1) is 0 Å². The summed E-state index contributed by atoms with van der Waals surface area (Å²) in [5.74, 6) is 0.868. The first-order valence-electron chi connectivity index (χ1n) is 3.80. The van der Waals surface area contributed by atoms with Gasteiger partial charge >= 0.3 is 0 Å². The van der Waals surface area contributed by atoms with Crippen molar-refractivity contribution in [2.24, 2.45) is 4.99 Å². The standard InChI is InChI=1S/C8H13NO2/c1-5(10)4-8-6(2)11-7(3)9-8/h6,8H,4H2,1-3H3. The van der Waals surface area contributed by atoms with Gasteiger partial charge in [0.2, 0.25) is 0 Å². The van der Waals surface area contributed by atoms with E-state index in [0.717, 1.165) is 0 Å². The summed E-state index contributed by atoms with van der Waals surface area (Å²) >= 11 is 0. The molecule has 0 bridgehead atoms. The van der Waals surface area contributed by atoms with Gasteiger partial charge in [0.05, 0.1) is 6.04 Å². The molecule has 1 heterocycles. The van der Waals surface area contributed by atoms with Gasteiger partial charge in [0, 0.05) is 13.3 Å². The van der Waals surface area contributed by atoms with E-state index >= 15 is 0 Å². The van der Waals surface area contributed by atoms with E-state index in [4.69, 9.17) is 4.74 Å². The maximum atomic E-state index is 10.7. The van der Waals surface area contributed by atoms with E-state index in [2.05, 4.69) is 4.99 Å². The van der Waals surface area contributed by atoms with Crippen molar-refractivity contribution in [3.8, 4) is 0 Å². The molecule has 1 aliphatic heterocycles. The third-order valence-electron chi connectivity index (χ3n) is 1.74. The molecule has 0 spiro atoms. The summed E-state index contributed by atoms with van der Waals surface area (Å²) in [6.45, 7) is 5.33. The minimum Gasteiger partial charge on any atom is -0.476 e. The molecule has 1 rings (SSSR count). The number of ether oxygens (including phenoxy) is 1. The molecule has 0 radical (unpaired) electrons. The van der Waals surface area contributed by atoms with Crippen molar-refractivity contribution in [3.05, 3.63) is 0 Å². The quantitative estimate of drug-likeness (QED) is 0.600. The normalized spacial score (nSPS) is 29.5. The number of ketones is 1. The highest BCUT2D eigenvalue weighted by Crippen LogP contribution is 2.15. The molecular formula is C8H13NO2. The minimum absolute atomic E-state index is 0.0486. The van der Waals surface area contributed by atoms with Gasteiger partial charge in [0.15, 0.2) is 5.90 Å². The van der Waals surface area contributed by atoms with Crippen molar-refractivity contribution < 1.29 is 9.53 Å². The van der Waals surface area contributed by atoms with Gasteiger partial charge in [-0.3, -0.25) is 4.79 Å². The van der Waals surface area contributed by atoms with E-state index in [1.807, 2.05) is 13.8 Å². The molecule has 0 amide bonds. The van der Waals surface area contributed by atoms with Gasteiger partial charge in [0.25, 0.3) is 0 Å². The van der Waals surface area contributed by atoms with Crippen LogP contribution in [0.2, 0.25) is 0 Å². The van der Waals surface area contributed by atoms with Crippen LogP contribution < -0.4 is 0 Å². The zero-order valence-electron chi connectivity index (χ0n) is 7.13. The lowest BCUT2D eigenvalue weighted by Gasteiger charge is -2.09. The first-order valence-corrected chi connectivity index (χ1v) is 3.80. The number of hydrogen-bond acceptors (Lipinski definition) is 3. The highest BCUT2D eigenvalue weighted by molar-refractivity contribution is 5.79. The third kappa shape index (κ3) is 2.03. The van der Waals surface area contributed by atoms with E-state index in [9.17, 15) is 4.79 Å². The fourth-order valence-electron chi connectivity index (χ4n) is 1.22. The topological polar surface area (TPSA) is 38.7 Å². The minimum atomic E-state index is 0.0486. The van der Waals surface area contributed by atoms with Crippen LogP contribution in [-0.4, -0.2) is 23.8 Å². The van der Waals surface area contributed by atoms with E-state index in [-0.39, 0.29) is 17.9 Å². The lowest BCUT2D eigenvalue weighted by Crippen LogP contribution is -2.20. The summed E-state index contributed by atoms with van der Waals surface area (Å²) in [5.41, 5.74) is 0. The molecule has 11 heavy (non-hydrogen) atoms. The van der Waals surface area contributed by atoms with Gasteiger partial charge in [-0.1, -0.05) is 0 Å². The molecule has 0 saturated carbocycles. The summed E-state index contributed by atoms with van der Waals surface area (Å²) in [5, 5.41) is 0. The van der Waals surface area contributed by atoms with Crippen molar-refractivity contribution in [2.75, 3.05) is 0 Å². The highest BCUT2D eigenvalue weighted by atomic mass is 16.5. The summed E-state index contributed by atoms with van der Waals surface area (Å²) in [6, 6.07) is 0.0486. The number of rotatable bonds is 2. The van der Waals surface area contributed by atoms with E-state index in [0.29, 0.717) is 12.3 Å². The fourth-order valence-corrected chi connectivity index (χ4v) is 1.22. The van der Waals surface area contributed by atoms with Crippen molar-refractivity contribution in [2.45, 2.75) is 39.3 Å². The van der Waals surface area contributed by atoms with Gasteiger partial charge < -0.3 is 4.74 Å². The molecule has 0 saturated heterocycles. The van der Waals surface area contributed by atoms with Crippen LogP contribution in [-0.2, 0) is 9.53 Å². The Morgan fingerprint density at radius 2 is 2.36 bits per heavy atom. The average Bonchev–Trinajstić information content (AvgIpc) is 2.09. The number of aliphatic imine (C=N–C) groups is 1. The Morgan fingerprint density at radius 1 is 1.73 bits per heavy atom. The summed E-state index contributed by atoms with van der Waals surface area (Å²) in [7, 11) is 0. The Hall–Kier alpha value is -0.860. The van der Waals surface area contributed by atoms with Gasteiger partial charge in [-0.15, -0.1) is 0 Å². The molecule has 0 N–H and O–H groups in total. The maximum absolute atomic E-state index is 10.7. The van der Waals surface area contributed by atoms with Crippen molar-refractivity contribution in [3.63, 3.8) is 0 Å². The number of carbonyl (C=O) groups is 1. The number of carbonyl (C=O) groups excluding carboxylic acids is 1. The summed E-state index contributed by atoms with van der Waals surface area (Å²) in [6.07, 6.45) is 0.567. The predicted octanol–water partition coefficient (Wildman–Crippen LogP) is 1.17. The second-order valence-corrected chi connectivity index (χ2v) is 2.94. The first kappa shape index (κ1) is 8.24. The molecule has 2 unspecified atom stereocenters. The Balaban J connectivity index is 2.52. The SMILES string of the molecule is CC(=O)CC1N=C(C)OC1C. The Labute approximate surface area is 66.5 Å². The molecule has 2 atom stereocenters. The van der Waals surface area contributed by atoms with Crippen molar-refractivity contribution in [1.82, 2.24) is 0 Å². The van der Waals surface area contributed by atoms with Gasteiger partial charge in [-0.05, 0) is 13.8 Å². The van der Waals surface area contributed by atoms with Crippen molar-refractivity contribution in [1.29, 1.82) is 0 Å². The monoisotopic (exact) mass is 155 g/mol. The Morgan fingerprint density at radius 3 is 2.73 bits per heavy atom. The zero-order valence-corrected chi connectivity index (χ0v) is 7.13. The van der Waals surface area contributed by atoms with Crippen LogP contribution in [0.1, 0.15) is 27.2 Å². The molecular weight excluding hydrogens is 142 g/mol. The second kappa shape index (κ2) is 3.03. The zero-order chi connectivity index (χ0) is 8.43. The molecule has 1 aliphatic rings. The van der Waals surface area contributed by atoms with E-state index < -0.39 is 0 Å². The number of Topliss-reactive ketones (excluding diaryl/α,β-unsaturated/α-hetero) is 1. The second-order valence-electron chi connectivity index (χ2n) is 2.94. The fraction of sp³-hybridized carbons (Fsp3) is 0.750. The lowest BCUT2D eigenvalue weighted by molar-refractivity contribution is -0.117. The van der Waals surface area contributed by atoms with Gasteiger partial charge in [0.1, 0.15) is 11.9 Å². The van der Waals surface area contributed by atoms with Crippen LogP contribution in [0.5, 0.6) is 0 Å². The summed E-state index contributed by atoms with van der Waals surface area (Å²) < 4.78 is 5.27. The Kier molecular flexibility index (Phi) is 2.27. The molecule has 0 aromatic carbocycles. The number of hydrogen-bond donors (Lipinski definition) is 0. The van der Waals surface area contributed by atoms with Gasteiger partial charge in [-0.25, -0.2) is 4.99 Å². The predicted molar refractivity (Wildman–Crippen MR) is 42.7 cm³/mol. The smallest absolute Gasteiger partial charge is 0.180 e. The maximum Gasteiger partial charge on any atom is 0.180 e. The summed E-state index contributed by atoms with van der Waals surface area (Å²) in [4.78, 5) is 14.9. The van der Waals surface area contributed by atoms with Crippen LogP contribution in [0.15, 0.2) is 4.99 Å². The van der Waals surface area contributed by atoms with Crippen LogP contribution >= 0.6 is 0 Å².